The van der Waals surface area contributed by atoms with Gasteiger partial charge < -0.3 is 5.32 Å². The second-order valence-corrected chi connectivity index (χ2v) is 6.72. The van der Waals surface area contributed by atoms with E-state index in [4.69, 9.17) is 23.2 Å². The highest BCUT2D eigenvalue weighted by Gasteiger charge is 2.11. The molecule has 3 rings (SSSR count). The average molecular weight is 323 g/mol. The van der Waals surface area contributed by atoms with Crippen molar-refractivity contribution in [3.63, 3.8) is 0 Å². The Morgan fingerprint density at radius 1 is 1.20 bits per heavy atom. The van der Waals surface area contributed by atoms with E-state index in [1.54, 1.807) is 17.5 Å². The summed E-state index contributed by atoms with van der Waals surface area (Å²) in [7, 11) is 0. The molecule has 20 heavy (non-hydrogen) atoms. The molecular weight excluding hydrogens is 311 g/mol. The minimum absolute atomic E-state index is 0.149. The molecule has 0 fully saturated rings. The predicted molar refractivity (Wildman–Crippen MR) is 88.1 cm³/mol. The molecular formula is C15H12Cl2N2S. The molecule has 0 aliphatic heterocycles. The van der Waals surface area contributed by atoms with Crippen molar-refractivity contribution in [2.45, 2.75) is 13.0 Å². The van der Waals surface area contributed by atoms with E-state index in [1.165, 1.54) is 4.88 Å². The van der Waals surface area contributed by atoms with Crippen molar-refractivity contribution in [3.05, 3.63) is 56.8 Å². The molecule has 1 unspecified atom stereocenters. The van der Waals surface area contributed by atoms with Crippen LogP contribution in [0.15, 0.2) is 42.6 Å². The molecule has 0 amide bonds. The maximum Gasteiger partial charge on any atom is 0.0934 e. The van der Waals surface area contributed by atoms with Crippen molar-refractivity contribution in [1.29, 1.82) is 0 Å². The Bertz CT molecular complexity index is 754. The lowest BCUT2D eigenvalue weighted by Gasteiger charge is -2.15. The first kappa shape index (κ1) is 13.7. The molecule has 0 spiro atoms. The third-order valence-electron chi connectivity index (χ3n) is 3.06. The number of halogens is 2. The number of thiophene rings is 1. The number of hydrogen-bond donors (Lipinski definition) is 1. The van der Waals surface area contributed by atoms with E-state index < -0.39 is 0 Å². The largest absolute Gasteiger partial charge is 0.376 e. The summed E-state index contributed by atoms with van der Waals surface area (Å²) < 4.78 is 0.794. The van der Waals surface area contributed by atoms with Crippen molar-refractivity contribution in [2.24, 2.45) is 0 Å². The van der Waals surface area contributed by atoms with Crippen LogP contribution in [0, 0.1) is 0 Å². The third kappa shape index (κ3) is 2.75. The zero-order valence-corrected chi connectivity index (χ0v) is 13.1. The first-order valence-electron chi connectivity index (χ1n) is 6.19. The van der Waals surface area contributed by atoms with Gasteiger partial charge in [0.25, 0.3) is 0 Å². The van der Waals surface area contributed by atoms with E-state index in [0.29, 0.717) is 5.02 Å². The SMILES string of the molecule is CC(Nc1cc(Cl)cc2cccnc12)c1ccc(Cl)s1. The monoisotopic (exact) mass is 322 g/mol. The van der Waals surface area contributed by atoms with Crippen LogP contribution >= 0.6 is 34.5 Å². The number of anilines is 1. The maximum absolute atomic E-state index is 6.17. The number of rotatable bonds is 3. The number of pyridine rings is 1. The molecule has 2 nitrogen and oxygen atoms in total. The number of hydrogen-bond acceptors (Lipinski definition) is 3. The number of nitrogens with one attached hydrogen (secondary N) is 1. The summed E-state index contributed by atoms with van der Waals surface area (Å²) in [4.78, 5) is 5.61. The summed E-state index contributed by atoms with van der Waals surface area (Å²) in [5.41, 5.74) is 1.86. The van der Waals surface area contributed by atoms with Gasteiger partial charge in [-0.2, -0.15) is 0 Å². The van der Waals surface area contributed by atoms with Crippen LogP contribution in [0.25, 0.3) is 10.9 Å². The third-order valence-corrected chi connectivity index (χ3v) is 4.69. The van der Waals surface area contributed by atoms with E-state index in [0.717, 1.165) is 20.9 Å². The highest BCUT2D eigenvalue weighted by Crippen LogP contribution is 2.32. The number of nitrogens with zero attached hydrogens (tertiary/aromatic N) is 1. The Morgan fingerprint density at radius 2 is 2.05 bits per heavy atom. The van der Waals surface area contributed by atoms with E-state index >= 15 is 0 Å². The van der Waals surface area contributed by atoms with E-state index in [2.05, 4.69) is 17.2 Å². The quantitative estimate of drug-likeness (QED) is 0.661. The van der Waals surface area contributed by atoms with Crippen LogP contribution in [0.4, 0.5) is 5.69 Å². The fourth-order valence-corrected chi connectivity index (χ4v) is 3.42. The van der Waals surface area contributed by atoms with Crippen LogP contribution in [-0.2, 0) is 0 Å². The molecule has 1 atom stereocenters. The van der Waals surface area contributed by atoms with Gasteiger partial charge in [-0.3, -0.25) is 4.98 Å². The first-order valence-corrected chi connectivity index (χ1v) is 7.77. The van der Waals surface area contributed by atoms with E-state index in [-0.39, 0.29) is 6.04 Å². The van der Waals surface area contributed by atoms with Crippen LogP contribution in [-0.4, -0.2) is 4.98 Å². The minimum Gasteiger partial charge on any atom is -0.376 e. The van der Waals surface area contributed by atoms with Gasteiger partial charge >= 0.3 is 0 Å². The zero-order valence-electron chi connectivity index (χ0n) is 10.7. The Balaban J connectivity index is 1.98. The predicted octanol–water partition coefficient (Wildman–Crippen LogP) is 5.78. The zero-order chi connectivity index (χ0) is 14.1. The van der Waals surface area contributed by atoms with Crippen LogP contribution in [0.3, 0.4) is 0 Å². The second-order valence-electron chi connectivity index (χ2n) is 4.54. The van der Waals surface area contributed by atoms with Gasteiger partial charge in [-0.1, -0.05) is 29.3 Å². The molecule has 0 radical (unpaired) electrons. The minimum atomic E-state index is 0.149. The van der Waals surface area contributed by atoms with Crippen molar-refractivity contribution in [3.8, 4) is 0 Å². The Morgan fingerprint density at radius 3 is 2.80 bits per heavy atom. The van der Waals surface area contributed by atoms with Crippen LogP contribution in [0.5, 0.6) is 0 Å². The van der Waals surface area contributed by atoms with Gasteiger partial charge in [-0.25, -0.2) is 0 Å². The molecule has 0 saturated carbocycles. The second kappa shape index (κ2) is 5.60. The molecule has 1 aromatic carbocycles. The molecule has 0 aliphatic carbocycles. The van der Waals surface area contributed by atoms with Crippen molar-refractivity contribution in [2.75, 3.05) is 5.32 Å². The van der Waals surface area contributed by atoms with Gasteiger partial charge in [-0.15, -0.1) is 11.3 Å². The molecule has 1 N–H and O–H groups in total. The molecule has 0 saturated heterocycles. The van der Waals surface area contributed by atoms with Gasteiger partial charge in [0, 0.05) is 21.5 Å². The van der Waals surface area contributed by atoms with Gasteiger partial charge in [0.05, 0.1) is 21.6 Å². The molecule has 2 aromatic heterocycles. The summed E-state index contributed by atoms with van der Waals surface area (Å²) in [5, 5.41) is 5.19. The van der Waals surface area contributed by atoms with Gasteiger partial charge in [0.1, 0.15) is 0 Å². The lowest BCUT2D eigenvalue weighted by atomic mass is 10.1. The highest BCUT2D eigenvalue weighted by atomic mass is 35.5. The molecule has 102 valence electrons. The van der Waals surface area contributed by atoms with Crippen molar-refractivity contribution >= 4 is 51.1 Å². The topological polar surface area (TPSA) is 24.9 Å². The van der Waals surface area contributed by atoms with Crippen molar-refractivity contribution < 1.29 is 0 Å². The summed E-state index contributed by atoms with van der Waals surface area (Å²) >= 11 is 13.7. The summed E-state index contributed by atoms with van der Waals surface area (Å²) in [6, 6.07) is 11.8. The van der Waals surface area contributed by atoms with E-state index in [9.17, 15) is 0 Å². The Hall–Kier alpha value is -1.29. The first-order chi connectivity index (χ1) is 9.63. The van der Waals surface area contributed by atoms with Crippen LogP contribution < -0.4 is 5.32 Å². The summed E-state index contributed by atoms with van der Waals surface area (Å²) in [6.45, 7) is 2.10. The Kier molecular flexibility index (Phi) is 3.83. The smallest absolute Gasteiger partial charge is 0.0934 e. The average Bonchev–Trinajstić information content (AvgIpc) is 2.85. The molecule has 2 heterocycles. The standard InChI is InChI=1S/C15H12Cl2N2S/c1-9(13-4-5-14(17)20-13)19-12-8-11(16)7-10-3-2-6-18-15(10)12/h2-9,19H,1H3. The lowest BCUT2D eigenvalue weighted by Crippen LogP contribution is -2.05. The van der Waals surface area contributed by atoms with Gasteiger partial charge in [-0.05, 0) is 37.3 Å². The van der Waals surface area contributed by atoms with Gasteiger partial charge in [0.15, 0.2) is 0 Å². The van der Waals surface area contributed by atoms with Crippen molar-refractivity contribution in [1.82, 2.24) is 4.98 Å². The molecule has 0 aliphatic rings. The van der Waals surface area contributed by atoms with E-state index in [1.807, 2.05) is 36.4 Å². The van der Waals surface area contributed by atoms with Crippen LogP contribution in [0.1, 0.15) is 17.8 Å². The summed E-state index contributed by atoms with van der Waals surface area (Å²) in [5.74, 6) is 0. The normalized spacial score (nSPS) is 12.6. The maximum atomic E-state index is 6.17. The number of benzene rings is 1. The van der Waals surface area contributed by atoms with Crippen LogP contribution in [0.2, 0.25) is 9.36 Å². The molecule has 3 aromatic rings. The fourth-order valence-electron chi connectivity index (χ4n) is 2.13. The summed E-state index contributed by atoms with van der Waals surface area (Å²) in [6.07, 6.45) is 1.79. The van der Waals surface area contributed by atoms with Gasteiger partial charge in [0.2, 0.25) is 0 Å². The molecule has 0 bridgehead atoms. The fraction of sp³-hybridized carbons (Fsp3) is 0.133. The number of aromatic nitrogens is 1. The number of fused-ring (bicyclic) bond motifs is 1. The lowest BCUT2D eigenvalue weighted by molar-refractivity contribution is 0.909. The Labute approximate surface area is 131 Å². The highest BCUT2D eigenvalue weighted by molar-refractivity contribution is 7.16. The molecule has 5 heteroatoms.